The molecule has 1 aromatic heterocycles. The molecule has 2 N–H and O–H groups in total. The summed E-state index contributed by atoms with van der Waals surface area (Å²) in [6.45, 7) is 1.83. The topological polar surface area (TPSA) is 62.0 Å². The normalized spacial score (nSPS) is 10.7. The number of hydrogen-bond donors (Lipinski definition) is 2. The second kappa shape index (κ2) is 6.07. The zero-order valence-corrected chi connectivity index (χ0v) is 13.6. The van der Waals surface area contributed by atoms with Crippen LogP contribution in [0.15, 0.2) is 47.4 Å². The van der Waals surface area contributed by atoms with Crippen LogP contribution in [0.25, 0.3) is 10.9 Å². The van der Waals surface area contributed by atoms with Gasteiger partial charge in [0.25, 0.3) is 5.91 Å². The minimum atomic E-state index is -0.478. The van der Waals surface area contributed by atoms with E-state index < -0.39 is 5.91 Å². The number of carbonyl (C=O) groups excluding carboxylic acids is 1. The molecule has 3 rings (SSSR count). The van der Waals surface area contributed by atoms with Crippen LogP contribution in [0.1, 0.15) is 15.9 Å². The van der Waals surface area contributed by atoms with E-state index in [4.69, 9.17) is 23.2 Å². The Kier molecular flexibility index (Phi) is 4.11. The predicted octanol–water partition coefficient (Wildman–Crippen LogP) is 4.40. The molecule has 0 saturated carbocycles. The van der Waals surface area contributed by atoms with Gasteiger partial charge < -0.3 is 10.3 Å². The third-order valence-corrected chi connectivity index (χ3v) is 3.99. The second-order valence-electron chi connectivity index (χ2n) is 5.13. The van der Waals surface area contributed by atoms with Crippen LogP contribution >= 0.6 is 23.2 Å². The average molecular weight is 347 g/mol. The molecular formula is C17H12Cl2N2O2. The summed E-state index contributed by atoms with van der Waals surface area (Å²) < 4.78 is 0. The maximum Gasteiger partial charge on any atom is 0.261 e. The maximum absolute atomic E-state index is 12.5. The lowest BCUT2D eigenvalue weighted by atomic mass is 10.1. The molecule has 2 aromatic carbocycles. The number of aryl methyl sites for hydroxylation is 1. The number of nitrogens with one attached hydrogen (secondary N) is 2. The zero-order chi connectivity index (χ0) is 16.6. The molecule has 0 aliphatic heterocycles. The first kappa shape index (κ1) is 15.6. The van der Waals surface area contributed by atoms with Crippen LogP contribution in [0.5, 0.6) is 0 Å². The number of anilines is 1. The van der Waals surface area contributed by atoms with Gasteiger partial charge in [0.05, 0.1) is 5.52 Å². The number of benzene rings is 2. The van der Waals surface area contributed by atoms with Gasteiger partial charge >= 0.3 is 0 Å². The van der Waals surface area contributed by atoms with Crippen molar-refractivity contribution in [2.75, 3.05) is 5.32 Å². The largest absolute Gasteiger partial charge is 0.360 e. The van der Waals surface area contributed by atoms with Crippen molar-refractivity contribution in [1.29, 1.82) is 0 Å². The summed E-state index contributed by atoms with van der Waals surface area (Å²) in [6.07, 6.45) is 1.39. The van der Waals surface area contributed by atoms with Crippen molar-refractivity contribution < 1.29 is 4.79 Å². The quantitative estimate of drug-likeness (QED) is 0.722. The molecule has 0 radical (unpaired) electrons. The Labute approximate surface area is 142 Å². The molecule has 0 atom stereocenters. The number of H-pyrrole nitrogens is 1. The van der Waals surface area contributed by atoms with E-state index in [0.29, 0.717) is 26.6 Å². The second-order valence-corrected chi connectivity index (χ2v) is 6.01. The fraction of sp³-hybridized carbons (Fsp3) is 0.0588. The van der Waals surface area contributed by atoms with Gasteiger partial charge in [-0.1, -0.05) is 23.2 Å². The van der Waals surface area contributed by atoms with E-state index >= 15 is 0 Å². The van der Waals surface area contributed by atoms with Gasteiger partial charge in [0.1, 0.15) is 5.56 Å². The Morgan fingerprint density at radius 3 is 2.52 bits per heavy atom. The van der Waals surface area contributed by atoms with Gasteiger partial charge in [-0.05, 0) is 48.9 Å². The van der Waals surface area contributed by atoms with Crippen molar-refractivity contribution >= 4 is 45.7 Å². The first-order chi connectivity index (χ1) is 11.0. The Morgan fingerprint density at radius 2 is 1.78 bits per heavy atom. The zero-order valence-electron chi connectivity index (χ0n) is 12.1. The number of hydrogen-bond acceptors (Lipinski definition) is 2. The minimum Gasteiger partial charge on any atom is -0.360 e. The molecular weight excluding hydrogens is 335 g/mol. The molecule has 1 heterocycles. The molecule has 0 aliphatic rings. The van der Waals surface area contributed by atoms with E-state index in [9.17, 15) is 9.59 Å². The van der Waals surface area contributed by atoms with Gasteiger partial charge in [-0.15, -0.1) is 0 Å². The summed E-state index contributed by atoms with van der Waals surface area (Å²) in [7, 11) is 0. The van der Waals surface area contributed by atoms with Crippen LogP contribution in [0.3, 0.4) is 0 Å². The van der Waals surface area contributed by atoms with Gasteiger partial charge in [0.2, 0.25) is 5.43 Å². The highest BCUT2D eigenvalue weighted by molar-refractivity contribution is 6.31. The Morgan fingerprint density at radius 1 is 1.09 bits per heavy atom. The number of carbonyl (C=O) groups is 1. The number of pyridine rings is 1. The van der Waals surface area contributed by atoms with Crippen LogP contribution in [0.2, 0.25) is 10.0 Å². The third kappa shape index (κ3) is 3.09. The van der Waals surface area contributed by atoms with E-state index in [0.717, 1.165) is 5.56 Å². The fourth-order valence-corrected chi connectivity index (χ4v) is 2.72. The molecule has 3 aromatic rings. The van der Waals surface area contributed by atoms with E-state index in [1.165, 1.54) is 6.20 Å². The average Bonchev–Trinajstić information content (AvgIpc) is 2.50. The molecule has 116 valence electrons. The van der Waals surface area contributed by atoms with E-state index in [2.05, 4.69) is 10.3 Å². The van der Waals surface area contributed by atoms with Gasteiger partial charge in [0, 0.05) is 27.3 Å². The summed E-state index contributed by atoms with van der Waals surface area (Å²) in [4.78, 5) is 27.8. The standard InChI is InChI=1S/C17H12Cl2N2O2/c1-9-6-10(18)3-5-14(9)21-17(23)13-8-20-15-7-11(19)2-4-12(15)16(13)22/h2-8H,1H3,(H,20,22)(H,21,23). The minimum absolute atomic E-state index is 0.0363. The van der Waals surface area contributed by atoms with Gasteiger partial charge in [0.15, 0.2) is 0 Å². The highest BCUT2D eigenvalue weighted by Gasteiger charge is 2.14. The summed E-state index contributed by atoms with van der Waals surface area (Å²) >= 11 is 11.8. The summed E-state index contributed by atoms with van der Waals surface area (Å²) in [5, 5.41) is 4.24. The SMILES string of the molecule is Cc1cc(Cl)ccc1NC(=O)c1c[nH]c2cc(Cl)ccc2c1=O. The number of amides is 1. The summed E-state index contributed by atoms with van der Waals surface area (Å²) in [5.74, 6) is -0.478. The molecule has 23 heavy (non-hydrogen) atoms. The van der Waals surface area contributed by atoms with Crippen molar-refractivity contribution in [1.82, 2.24) is 4.98 Å². The highest BCUT2D eigenvalue weighted by atomic mass is 35.5. The van der Waals surface area contributed by atoms with Crippen LogP contribution in [0, 0.1) is 6.92 Å². The Balaban J connectivity index is 1.99. The lowest BCUT2D eigenvalue weighted by molar-refractivity contribution is 0.102. The van der Waals surface area contributed by atoms with E-state index in [1.54, 1.807) is 36.4 Å². The van der Waals surface area contributed by atoms with Crippen LogP contribution < -0.4 is 10.7 Å². The molecule has 0 spiro atoms. The van der Waals surface area contributed by atoms with E-state index in [1.807, 2.05) is 6.92 Å². The molecule has 0 saturated heterocycles. The van der Waals surface area contributed by atoms with Crippen molar-refractivity contribution in [3.8, 4) is 0 Å². The molecule has 6 heteroatoms. The molecule has 0 fully saturated rings. The van der Waals surface area contributed by atoms with Crippen LogP contribution in [0.4, 0.5) is 5.69 Å². The number of rotatable bonds is 2. The van der Waals surface area contributed by atoms with Crippen molar-refractivity contribution in [3.63, 3.8) is 0 Å². The maximum atomic E-state index is 12.5. The lowest BCUT2D eigenvalue weighted by Crippen LogP contribution is -2.22. The number of halogens is 2. The monoisotopic (exact) mass is 346 g/mol. The lowest BCUT2D eigenvalue weighted by Gasteiger charge is -2.09. The van der Waals surface area contributed by atoms with Gasteiger partial charge in [-0.3, -0.25) is 9.59 Å². The van der Waals surface area contributed by atoms with Crippen LogP contribution in [-0.2, 0) is 0 Å². The Hall–Kier alpha value is -2.30. The first-order valence-electron chi connectivity index (χ1n) is 6.84. The van der Waals surface area contributed by atoms with Crippen molar-refractivity contribution in [2.24, 2.45) is 0 Å². The fourth-order valence-electron chi connectivity index (χ4n) is 2.32. The molecule has 1 amide bonds. The van der Waals surface area contributed by atoms with Crippen molar-refractivity contribution in [3.05, 3.63) is 74.0 Å². The predicted molar refractivity (Wildman–Crippen MR) is 93.7 cm³/mol. The molecule has 0 aliphatic carbocycles. The molecule has 4 nitrogen and oxygen atoms in total. The summed E-state index contributed by atoms with van der Waals surface area (Å²) in [6, 6.07) is 9.97. The summed E-state index contributed by atoms with van der Waals surface area (Å²) in [5.41, 5.74) is 1.69. The van der Waals surface area contributed by atoms with Crippen LogP contribution in [-0.4, -0.2) is 10.9 Å². The molecule has 0 unspecified atom stereocenters. The van der Waals surface area contributed by atoms with Gasteiger partial charge in [-0.25, -0.2) is 0 Å². The number of aromatic amines is 1. The number of fused-ring (bicyclic) bond motifs is 1. The smallest absolute Gasteiger partial charge is 0.261 e. The van der Waals surface area contributed by atoms with E-state index in [-0.39, 0.29) is 11.0 Å². The Bertz CT molecular complexity index is 980. The highest BCUT2D eigenvalue weighted by Crippen LogP contribution is 2.20. The molecule has 0 bridgehead atoms. The third-order valence-electron chi connectivity index (χ3n) is 3.52. The van der Waals surface area contributed by atoms with Crippen molar-refractivity contribution in [2.45, 2.75) is 6.92 Å². The van der Waals surface area contributed by atoms with Gasteiger partial charge in [-0.2, -0.15) is 0 Å². The number of aromatic nitrogens is 1. The first-order valence-corrected chi connectivity index (χ1v) is 7.60.